The van der Waals surface area contributed by atoms with Gasteiger partial charge in [0, 0.05) is 39.1 Å². The third-order valence-electron chi connectivity index (χ3n) is 4.75. The van der Waals surface area contributed by atoms with Gasteiger partial charge in [-0.2, -0.15) is 0 Å². The van der Waals surface area contributed by atoms with Gasteiger partial charge in [-0.25, -0.2) is 0 Å². The number of ether oxygens (including phenoxy) is 1. The molecule has 0 saturated carbocycles. The van der Waals surface area contributed by atoms with Gasteiger partial charge in [0.2, 0.25) is 5.91 Å². The molecule has 156 valence electrons. The Kier molecular flexibility index (Phi) is 10.9. The van der Waals surface area contributed by atoms with Crippen molar-refractivity contribution in [2.45, 2.75) is 51.9 Å². The lowest BCUT2D eigenvalue weighted by Crippen LogP contribution is -2.38. The molecule has 0 unspecified atom stereocenters. The number of carbonyl (C=O) groups is 1. The van der Waals surface area contributed by atoms with E-state index in [2.05, 4.69) is 22.5 Å². The maximum Gasteiger partial charge on any atom is 0.222 e. The number of rotatable bonds is 11. The van der Waals surface area contributed by atoms with Crippen molar-refractivity contribution in [2.24, 2.45) is 4.99 Å². The van der Waals surface area contributed by atoms with Crippen LogP contribution in [0.5, 0.6) is 5.75 Å². The maximum absolute atomic E-state index is 12.0. The summed E-state index contributed by atoms with van der Waals surface area (Å²) in [6.45, 7) is 6.97. The van der Waals surface area contributed by atoms with Crippen molar-refractivity contribution in [3.63, 3.8) is 0 Å². The number of nitrogens with one attached hydrogen (secondary N) is 2. The highest BCUT2D eigenvalue weighted by atomic mass is 16.5. The SMILES string of the molecule is CCNC(=NCCCN1CCCCCC1=O)NCCCCOc1ccccc1. The Labute approximate surface area is 169 Å². The van der Waals surface area contributed by atoms with E-state index in [-0.39, 0.29) is 0 Å². The van der Waals surface area contributed by atoms with Gasteiger partial charge in [0.25, 0.3) is 0 Å². The fraction of sp³-hybridized carbons (Fsp3) is 0.636. The second-order valence-electron chi connectivity index (χ2n) is 7.10. The fourth-order valence-electron chi connectivity index (χ4n) is 3.21. The predicted octanol–water partition coefficient (Wildman–Crippen LogP) is 3.19. The van der Waals surface area contributed by atoms with Gasteiger partial charge in [-0.15, -0.1) is 0 Å². The topological polar surface area (TPSA) is 66.0 Å². The van der Waals surface area contributed by atoms with Gasteiger partial charge in [0.05, 0.1) is 6.61 Å². The Hall–Kier alpha value is -2.24. The summed E-state index contributed by atoms with van der Waals surface area (Å²) in [5.41, 5.74) is 0. The Morgan fingerprint density at radius 1 is 1.11 bits per heavy atom. The number of carbonyl (C=O) groups excluding carboxylic acids is 1. The first-order chi connectivity index (χ1) is 13.8. The molecular weight excluding hydrogens is 352 g/mol. The Balaban J connectivity index is 1.58. The number of likely N-dealkylation sites (tertiary alicyclic amines) is 1. The molecule has 0 radical (unpaired) electrons. The van der Waals surface area contributed by atoms with Crippen molar-refractivity contribution < 1.29 is 9.53 Å². The van der Waals surface area contributed by atoms with Gasteiger partial charge in [-0.05, 0) is 51.2 Å². The minimum atomic E-state index is 0.309. The third kappa shape index (κ3) is 9.11. The molecule has 1 aromatic carbocycles. The molecule has 1 aliphatic rings. The predicted molar refractivity (Wildman–Crippen MR) is 115 cm³/mol. The Morgan fingerprint density at radius 3 is 2.79 bits per heavy atom. The van der Waals surface area contributed by atoms with Gasteiger partial charge in [-0.3, -0.25) is 9.79 Å². The van der Waals surface area contributed by atoms with E-state index in [4.69, 9.17) is 4.74 Å². The number of nitrogens with zero attached hydrogens (tertiary/aromatic N) is 2. The summed E-state index contributed by atoms with van der Waals surface area (Å²) in [6.07, 6.45) is 6.99. The van der Waals surface area contributed by atoms with Gasteiger partial charge in [0.15, 0.2) is 5.96 Å². The van der Waals surface area contributed by atoms with Crippen LogP contribution in [0.3, 0.4) is 0 Å². The van der Waals surface area contributed by atoms with Crippen LogP contribution in [0.25, 0.3) is 0 Å². The quantitative estimate of drug-likeness (QED) is 0.347. The lowest BCUT2D eigenvalue weighted by atomic mass is 10.2. The average Bonchev–Trinajstić information content (AvgIpc) is 2.92. The van der Waals surface area contributed by atoms with Crippen LogP contribution in [0.4, 0.5) is 0 Å². The summed E-state index contributed by atoms with van der Waals surface area (Å²) in [5.74, 6) is 2.09. The van der Waals surface area contributed by atoms with E-state index in [0.717, 1.165) is 83.1 Å². The summed E-state index contributed by atoms with van der Waals surface area (Å²) in [5, 5.41) is 6.66. The second-order valence-corrected chi connectivity index (χ2v) is 7.10. The summed E-state index contributed by atoms with van der Waals surface area (Å²) in [4.78, 5) is 18.7. The first kappa shape index (κ1) is 22.1. The molecule has 2 N–H and O–H groups in total. The van der Waals surface area contributed by atoms with Crippen LogP contribution in [0.2, 0.25) is 0 Å². The van der Waals surface area contributed by atoms with Crippen LogP contribution in [-0.2, 0) is 4.79 Å². The molecule has 1 aliphatic heterocycles. The smallest absolute Gasteiger partial charge is 0.222 e. The number of benzene rings is 1. The summed E-state index contributed by atoms with van der Waals surface area (Å²) in [7, 11) is 0. The molecule has 0 bridgehead atoms. The summed E-state index contributed by atoms with van der Waals surface area (Å²) < 4.78 is 5.71. The Morgan fingerprint density at radius 2 is 1.96 bits per heavy atom. The van der Waals surface area contributed by atoms with Crippen LogP contribution in [0.1, 0.15) is 51.9 Å². The number of hydrogen-bond donors (Lipinski definition) is 2. The highest BCUT2D eigenvalue weighted by molar-refractivity contribution is 5.79. The van der Waals surface area contributed by atoms with Crippen LogP contribution in [0.15, 0.2) is 35.3 Å². The molecular formula is C22H36N4O2. The second kappa shape index (κ2) is 13.9. The number of hydrogen-bond acceptors (Lipinski definition) is 3. The van der Waals surface area contributed by atoms with Crippen molar-refractivity contribution >= 4 is 11.9 Å². The molecule has 28 heavy (non-hydrogen) atoms. The van der Waals surface area contributed by atoms with Gasteiger partial charge in [0.1, 0.15) is 5.75 Å². The number of aliphatic imine (C=N–C) groups is 1. The minimum Gasteiger partial charge on any atom is -0.494 e. The normalized spacial score (nSPS) is 15.2. The zero-order valence-corrected chi connectivity index (χ0v) is 17.3. The molecule has 0 spiro atoms. The van der Waals surface area contributed by atoms with E-state index in [1.807, 2.05) is 35.2 Å². The molecule has 0 aliphatic carbocycles. The lowest BCUT2D eigenvalue weighted by molar-refractivity contribution is -0.130. The van der Waals surface area contributed by atoms with E-state index in [1.165, 1.54) is 6.42 Å². The average molecular weight is 389 g/mol. The lowest BCUT2D eigenvalue weighted by Gasteiger charge is -2.20. The van der Waals surface area contributed by atoms with E-state index in [9.17, 15) is 4.79 Å². The van der Waals surface area contributed by atoms with Crippen molar-refractivity contribution in [1.82, 2.24) is 15.5 Å². The largest absolute Gasteiger partial charge is 0.494 e. The molecule has 0 atom stereocenters. The monoisotopic (exact) mass is 388 g/mol. The molecule has 1 fully saturated rings. The van der Waals surface area contributed by atoms with Crippen LogP contribution in [0, 0.1) is 0 Å². The molecule has 1 heterocycles. The zero-order chi connectivity index (χ0) is 19.9. The summed E-state index contributed by atoms with van der Waals surface area (Å²) in [6, 6.07) is 9.92. The molecule has 0 aromatic heterocycles. The number of para-hydroxylation sites is 1. The molecule has 6 heteroatoms. The van der Waals surface area contributed by atoms with Crippen LogP contribution in [-0.4, -0.2) is 56.1 Å². The highest BCUT2D eigenvalue weighted by Gasteiger charge is 2.15. The molecule has 1 amide bonds. The standard InChI is InChI=1S/C22H36N4O2/c1-2-23-22(24-15-8-10-19-28-20-12-5-3-6-13-20)25-16-11-18-26-17-9-4-7-14-21(26)27/h3,5-6,12-13H,2,4,7-11,14-19H2,1H3,(H2,23,24,25). The fourth-order valence-corrected chi connectivity index (χ4v) is 3.21. The van der Waals surface area contributed by atoms with Gasteiger partial charge < -0.3 is 20.3 Å². The first-order valence-electron chi connectivity index (χ1n) is 10.8. The van der Waals surface area contributed by atoms with Crippen molar-refractivity contribution in [3.8, 4) is 5.75 Å². The van der Waals surface area contributed by atoms with E-state index in [1.54, 1.807) is 0 Å². The summed E-state index contributed by atoms with van der Waals surface area (Å²) >= 11 is 0. The van der Waals surface area contributed by atoms with Crippen molar-refractivity contribution in [2.75, 3.05) is 39.3 Å². The van der Waals surface area contributed by atoms with E-state index >= 15 is 0 Å². The third-order valence-corrected chi connectivity index (χ3v) is 4.75. The van der Waals surface area contributed by atoms with Gasteiger partial charge in [-0.1, -0.05) is 24.6 Å². The highest BCUT2D eigenvalue weighted by Crippen LogP contribution is 2.11. The minimum absolute atomic E-state index is 0.309. The number of guanidine groups is 1. The molecule has 6 nitrogen and oxygen atoms in total. The van der Waals surface area contributed by atoms with Crippen molar-refractivity contribution in [1.29, 1.82) is 0 Å². The Bertz CT molecular complexity index is 577. The van der Waals surface area contributed by atoms with Gasteiger partial charge >= 0.3 is 0 Å². The van der Waals surface area contributed by atoms with Crippen LogP contribution < -0.4 is 15.4 Å². The maximum atomic E-state index is 12.0. The molecule has 1 aromatic rings. The van der Waals surface area contributed by atoms with Crippen LogP contribution >= 0.6 is 0 Å². The molecule has 1 saturated heterocycles. The zero-order valence-electron chi connectivity index (χ0n) is 17.3. The van der Waals surface area contributed by atoms with E-state index < -0.39 is 0 Å². The molecule has 2 rings (SSSR count). The van der Waals surface area contributed by atoms with E-state index in [0.29, 0.717) is 12.3 Å². The number of unbranched alkanes of at least 4 members (excludes halogenated alkanes) is 1. The van der Waals surface area contributed by atoms with Crippen molar-refractivity contribution in [3.05, 3.63) is 30.3 Å². The first-order valence-corrected chi connectivity index (χ1v) is 10.8. The number of amides is 1.